The van der Waals surface area contributed by atoms with Crippen molar-refractivity contribution >= 4 is 17.8 Å². The summed E-state index contributed by atoms with van der Waals surface area (Å²) in [6.07, 6.45) is 3.32. The Bertz CT molecular complexity index is 993. The molecule has 1 fully saturated rings. The van der Waals surface area contributed by atoms with Gasteiger partial charge in [0, 0.05) is 6.07 Å². The van der Waals surface area contributed by atoms with Gasteiger partial charge in [0.15, 0.2) is 17.3 Å². The van der Waals surface area contributed by atoms with Gasteiger partial charge >= 0.3 is 5.97 Å². The number of Topliss-reactive ketones (excluding diaryl/α,β-unsaturated/α-hetero) is 1. The SMILES string of the molecule is COc1cc(C=C2Oc3cc(OC(=O)C4CC4)ccc3C2=O)cc(OC)c1OC. The highest BCUT2D eigenvalue weighted by molar-refractivity contribution is 6.14. The summed E-state index contributed by atoms with van der Waals surface area (Å²) in [5, 5.41) is 0. The van der Waals surface area contributed by atoms with Gasteiger partial charge in [-0.25, -0.2) is 0 Å². The van der Waals surface area contributed by atoms with Gasteiger partial charge in [0.05, 0.1) is 32.8 Å². The van der Waals surface area contributed by atoms with Crippen molar-refractivity contribution in [2.75, 3.05) is 21.3 Å². The van der Waals surface area contributed by atoms with E-state index in [4.69, 9.17) is 23.7 Å². The molecule has 0 spiro atoms. The lowest BCUT2D eigenvalue weighted by Gasteiger charge is -2.13. The molecule has 0 N–H and O–H groups in total. The number of benzene rings is 2. The van der Waals surface area contributed by atoms with E-state index in [-0.39, 0.29) is 23.4 Å². The Morgan fingerprint density at radius 1 is 1.03 bits per heavy atom. The van der Waals surface area contributed by atoms with Crippen molar-refractivity contribution in [1.82, 2.24) is 0 Å². The average molecular weight is 396 g/mol. The van der Waals surface area contributed by atoms with Crippen LogP contribution in [-0.2, 0) is 4.79 Å². The molecule has 2 aromatic carbocycles. The molecule has 2 aromatic rings. The third kappa shape index (κ3) is 3.63. The van der Waals surface area contributed by atoms with E-state index < -0.39 is 0 Å². The molecule has 2 aliphatic rings. The Hall–Kier alpha value is -3.48. The maximum absolute atomic E-state index is 12.7. The molecule has 0 unspecified atom stereocenters. The number of methoxy groups -OCH3 is 3. The fourth-order valence-electron chi connectivity index (χ4n) is 3.09. The predicted octanol–water partition coefficient (Wildman–Crippen LogP) is 3.64. The van der Waals surface area contributed by atoms with E-state index in [0.717, 1.165) is 12.8 Å². The highest BCUT2D eigenvalue weighted by Crippen LogP contribution is 2.40. The molecule has 4 rings (SSSR count). The molecule has 0 amide bonds. The highest BCUT2D eigenvalue weighted by atomic mass is 16.5. The number of hydrogen-bond acceptors (Lipinski definition) is 7. The summed E-state index contributed by atoms with van der Waals surface area (Å²) in [5.41, 5.74) is 1.06. The van der Waals surface area contributed by atoms with Crippen LogP contribution in [0.5, 0.6) is 28.7 Å². The van der Waals surface area contributed by atoms with Gasteiger partial charge in [0.25, 0.3) is 0 Å². The number of allylic oxidation sites excluding steroid dienone is 1. The van der Waals surface area contributed by atoms with Crippen LogP contribution >= 0.6 is 0 Å². The normalized spacial score (nSPS) is 16.2. The molecule has 1 heterocycles. The van der Waals surface area contributed by atoms with Crippen molar-refractivity contribution in [2.24, 2.45) is 5.92 Å². The second kappa shape index (κ2) is 7.50. The van der Waals surface area contributed by atoms with Crippen molar-refractivity contribution in [1.29, 1.82) is 0 Å². The van der Waals surface area contributed by atoms with E-state index in [9.17, 15) is 9.59 Å². The van der Waals surface area contributed by atoms with E-state index in [0.29, 0.717) is 39.9 Å². The summed E-state index contributed by atoms with van der Waals surface area (Å²) in [7, 11) is 4.56. The van der Waals surface area contributed by atoms with Crippen molar-refractivity contribution in [3.05, 3.63) is 47.2 Å². The molecule has 1 saturated carbocycles. The van der Waals surface area contributed by atoms with Crippen LogP contribution in [0.15, 0.2) is 36.1 Å². The van der Waals surface area contributed by atoms with Crippen molar-refractivity contribution < 1.29 is 33.3 Å². The van der Waals surface area contributed by atoms with Crippen molar-refractivity contribution in [3.8, 4) is 28.7 Å². The second-order valence-corrected chi connectivity index (χ2v) is 6.75. The molecule has 1 aliphatic heterocycles. The van der Waals surface area contributed by atoms with Gasteiger partial charge in [-0.2, -0.15) is 0 Å². The van der Waals surface area contributed by atoms with Gasteiger partial charge in [-0.1, -0.05) is 0 Å². The Morgan fingerprint density at radius 3 is 2.31 bits per heavy atom. The molecule has 1 aliphatic carbocycles. The number of fused-ring (bicyclic) bond motifs is 1. The third-order valence-corrected chi connectivity index (χ3v) is 4.76. The number of rotatable bonds is 6. The summed E-state index contributed by atoms with van der Waals surface area (Å²) in [6, 6.07) is 8.20. The van der Waals surface area contributed by atoms with E-state index in [1.165, 1.54) is 21.3 Å². The van der Waals surface area contributed by atoms with Crippen LogP contribution in [0, 0.1) is 5.92 Å². The zero-order valence-corrected chi connectivity index (χ0v) is 16.3. The molecule has 0 radical (unpaired) electrons. The first-order valence-electron chi connectivity index (χ1n) is 9.14. The highest BCUT2D eigenvalue weighted by Gasteiger charge is 2.33. The maximum Gasteiger partial charge on any atom is 0.314 e. The first-order valence-corrected chi connectivity index (χ1v) is 9.14. The van der Waals surface area contributed by atoms with Crippen LogP contribution in [0.4, 0.5) is 0 Å². The minimum absolute atomic E-state index is 0.0127. The molecule has 0 bridgehead atoms. The van der Waals surface area contributed by atoms with Crippen LogP contribution in [0.25, 0.3) is 6.08 Å². The lowest BCUT2D eigenvalue weighted by atomic mass is 10.1. The molecule has 7 heteroatoms. The first-order chi connectivity index (χ1) is 14.0. The lowest BCUT2D eigenvalue weighted by molar-refractivity contribution is -0.135. The first kappa shape index (κ1) is 18.9. The summed E-state index contributed by atoms with van der Waals surface area (Å²) in [6.45, 7) is 0. The number of hydrogen-bond donors (Lipinski definition) is 0. The Labute approximate surface area is 167 Å². The number of carbonyl (C=O) groups excluding carboxylic acids is 2. The van der Waals surface area contributed by atoms with Gasteiger partial charge in [-0.15, -0.1) is 0 Å². The maximum atomic E-state index is 12.7. The second-order valence-electron chi connectivity index (χ2n) is 6.75. The number of ketones is 1. The standard InChI is InChI=1S/C22H20O7/c1-25-18-9-12(10-19(26-2)21(18)27-3)8-17-20(23)15-7-6-14(11-16(15)29-17)28-22(24)13-4-5-13/h6-11,13H,4-5H2,1-3H3. The number of esters is 1. The van der Waals surface area contributed by atoms with Crippen LogP contribution in [0.1, 0.15) is 28.8 Å². The smallest absolute Gasteiger partial charge is 0.314 e. The van der Waals surface area contributed by atoms with E-state index >= 15 is 0 Å². The zero-order valence-electron chi connectivity index (χ0n) is 16.3. The van der Waals surface area contributed by atoms with Gasteiger partial charge in [0.2, 0.25) is 11.5 Å². The Balaban J connectivity index is 1.61. The van der Waals surface area contributed by atoms with E-state index in [1.807, 2.05) is 0 Å². The molecule has 150 valence electrons. The summed E-state index contributed by atoms with van der Waals surface area (Å²) < 4.78 is 27.1. The van der Waals surface area contributed by atoms with Crippen molar-refractivity contribution in [3.63, 3.8) is 0 Å². The molecule has 0 aromatic heterocycles. The van der Waals surface area contributed by atoms with Crippen molar-refractivity contribution in [2.45, 2.75) is 12.8 Å². The zero-order chi connectivity index (χ0) is 20.5. The summed E-state index contributed by atoms with van der Waals surface area (Å²) in [5.74, 6) is 1.75. The van der Waals surface area contributed by atoms with Crippen LogP contribution < -0.4 is 23.7 Å². The number of ether oxygens (including phenoxy) is 5. The van der Waals surface area contributed by atoms with Gasteiger partial charge in [0.1, 0.15) is 11.5 Å². The fraction of sp³-hybridized carbons (Fsp3) is 0.273. The Kier molecular flexibility index (Phi) is 4.88. The number of carbonyl (C=O) groups is 2. The van der Waals surface area contributed by atoms with Crippen LogP contribution in [0.3, 0.4) is 0 Å². The van der Waals surface area contributed by atoms with Gasteiger partial charge < -0.3 is 23.7 Å². The van der Waals surface area contributed by atoms with E-state index in [2.05, 4.69) is 0 Å². The van der Waals surface area contributed by atoms with Gasteiger partial charge in [-0.05, 0) is 48.7 Å². The summed E-state index contributed by atoms with van der Waals surface area (Å²) >= 11 is 0. The van der Waals surface area contributed by atoms with E-state index in [1.54, 1.807) is 36.4 Å². The molecule has 29 heavy (non-hydrogen) atoms. The predicted molar refractivity (Wildman–Crippen MR) is 104 cm³/mol. The molecular weight excluding hydrogens is 376 g/mol. The quantitative estimate of drug-likeness (QED) is 0.419. The lowest BCUT2D eigenvalue weighted by Crippen LogP contribution is -2.09. The summed E-state index contributed by atoms with van der Waals surface area (Å²) in [4.78, 5) is 24.5. The fourth-order valence-corrected chi connectivity index (χ4v) is 3.09. The van der Waals surface area contributed by atoms with Gasteiger partial charge in [-0.3, -0.25) is 9.59 Å². The van der Waals surface area contributed by atoms with Crippen LogP contribution in [0.2, 0.25) is 0 Å². The monoisotopic (exact) mass is 396 g/mol. The topological polar surface area (TPSA) is 80.3 Å². The Morgan fingerprint density at radius 2 is 1.72 bits per heavy atom. The molecule has 7 nitrogen and oxygen atoms in total. The largest absolute Gasteiger partial charge is 0.493 e. The minimum Gasteiger partial charge on any atom is -0.493 e. The molecule has 0 atom stereocenters. The molecule has 0 saturated heterocycles. The van der Waals surface area contributed by atoms with Crippen LogP contribution in [-0.4, -0.2) is 33.1 Å². The average Bonchev–Trinajstić information content (AvgIpc) is 3.53. The minimum atomic E-state index is -0.256. The molecular formula is C22H20O7. The third-order valence-electron chi connectivity index (χ3n) is 4.76.